The van der Waals surface area contributed by atoms with Crippen LogP contribution in [0.1, 0.15) is 42.5 Å². The Morgan fingerprint density at radius 1 is 0.793 bits per heavy atom. The largest absolute Gasteiger partial charge is 0.508 e. The van der Waals surface area contributed by atoms with E-state index >= 15 is 0 Å². The van der Waals surface area contributed by atoms with E-state index in [1.165, 1.54) is 22.3 Å². The average molecular weight is 388 g/mol. The molecule has 0 spiro atoms. The molecule has 0 fully saturated rings. The number of hydrogen-bond acceptors (Lipinski definition) is 3. The zero-order valence-corrected chi connectivity index (χ0v) is 17.2. The lowest BCUT2D eigenvalue weighted by Gasteiger charge is -2.17. The molecule has 0 aromatic heterocycles. The molecule has 3 N–H and O–H groups in total. The smallest absolute Gasteiger partial charge is 0.119 e. The molecular weight excluding hydrogens is 358 g/mol. The first-order valence-corrected chi connectivity index (χ1v) is 10.2. The number of ether oxygens (including phenoxy) is 1. The SMILES string of the molecule is CC/C(=C(/c1ccc(O)cc1)c1ccc(OCCN)cc1)c1ccc(CC)cc1. The van der Waals surface area contributed by atoms with Crippen molar-refractivity contribution in [3.05, 3.63) is 95.1 Å². The highest BCUT2D eigenvalue weighted by Crippen LogP contribution is 2.35. The topological polar surface area (TPSA) is 55.5 Å². The van der Waals surface area contributed by atoms with Crippen LogP contribution in [0.15, 0.2) is 72.8 Å². The van der Waals surface area contributed by atoms with E-state index in [1.54, 1.807) is 12.1 Å². The lowest BCUT2D eigenvalue weighted by Crippen LogP contribution is -2.10. The zero-order chi connectivity index (χ0) is 20.6. The van der Waals surface area contributed by atoms with E-state index in [0.29, 0.717) is 13.2 Å². The first-order chi connectivity index (χ1) is 14.2. The van der Waals surface area contributed by atoms with Gasteiger partial charge in [-0.2, -0.15) is 0 Å². The Morgan fingerprint density at radius 2 is 1.34 bits per heavy atom. The Labute approximate surface area is 173 Å². The van der Waals surface area contributed by atoms with Crippen LogP contribution in [0.3, 0.4) is 0 Å². The third-order valence-electron chi connectivity index (χ3n) is 5.05. The van der Waals surface area contributed by atoms with Crippen molar-refractivity contribution >= 4 is 11.1 Å². The van der Waals surface area contributed by atoms with E-state index in [4.69, 9.17) is 10.5 Å². The molecule has 3 nitrogen and oxygen atoms in total. The minimum absolute atomic E-state index is 0.268. The summed E-state index contributed by atoms with van der Waals surface area (Å²) in [6.07, 6.45) is 1.92. The third kappa shape index (κ3) is 5.07. The van der Waals surface area contributed by atoms with Crippen molar-refractivity contribution in [1.29, 1.82) is 0 Å². The molecular formula is C26H29NO2. The molecule has 3 aromatic rings. The maximum atomic E-state index is 9.76. The predicted octanol–water partition coefficient (Wildman–Crippen LogP) is 5.66. The van der Waals surface area contributed by atoms with Crippen molar-refractivity contribution in [3.63, 3.8) is 0 Å². The summed E-state index contributed by atoms with van der Waals surface area (Å²) in [5.74, 6) is 1.08. The van der Waals surface area contributed by atoms with Gasteiger partial charge in [-0.3, -0.25) is 0 Å². The number of aromatic hydroxyl groups is 1. The number of hydrogen-bond donors (Lipinski definition) is 2. The summed E-state index contributed by atoms with van der Waals surface area (Å²) >= 11 is 0. The molecule has 0 saturated heterocycles. The Hall–Kier alpha value is -3.04. The highest BCUT2D eigenvalue weighted by atomic mass is 16.5. The third-order valence-corrected chi connectivity index (χ3v) is 5.05. The maximum Gasteiger partial charge on any atom is 0.119 e. The summed E-state index contributed by atoms with van der Waals surface area (Å²) in [5.41, 5.74) is 12.7. The van der Waals surface area contributed by atoms with Crippen LogP contribution in [0.4, 0.5) is 0 Å². The average Bonchev–Trinajstić information content (AvgIpc) is 2.77. The van der Waals surface area contributed by atoms with Crippen LogP contribution >= 0.6 is 0 Å². The number of aryl methyl sites for hydroxylation is 1. The molecule has 0 heterocycles. The first kappa shape index (κ1) is 20.7. The lowest BCUT2D eigenvalue weighted by molar-refractivity contribution is 0.328. The van der Waals surface area contributed by atoms with Gasteiger partial charge in [0.2, 0.25) is 0 Å². The molecule has 0 amide bonds. The molecule has 0 atom stereocenters. The molecule has 0 aliphatic carbocycles. The minimum Gasteiger partial charge on any atom is -0.508 e. The molecule has 0 radical (unpaired) electrons. The van der Waals surface area contributed by atoms with Crippen LogP contribution < -0.4 is 10.5 Å². The Balaban J connectivity index is 2.12. The van der Waals surface area contributed by atoms with Gasteiger partial charge in [-0.25, -0.2) is 0 Å². The van der Waals surface area contributed by atoms with Crippen molar-refractivity contribution in [1.82, 2.24) is 0 Å². The molecule has 3 heteroatoms. The van der Waals surface area contributed by atoms with Crippen LogP contribution in [0.25, 0.3) is 11.1 Å². The highest BCUT2D eigenvalue weighted by molar-refractivity contribution is 5.98. The maximum absolute atomic E-state index is 9.76. The van der Waals surface area contributed by atoms with Gasteiger partial charge in [0.1, 0.15) is 18.1 Å². The Kier molecular flexibility index (Phi) is 7.09. The van der Waals surface area contributed by atoms with E-state index < -0.39 is 0 Å². The van der Waals surface area contributed by atoms with E-state index in [-0.39, 0.29) is 5.75 Å². The first-order valence-electron chi connectivity index (χ1n) is 10.2. The van der Waals surface area contributed by atoms with Crippen molar-refractivity contribution < 1.29 is 9.84 Å². The van der Waals surface area contributed by atoms with Gasteiger partial charge in [-0.1, -0.05) is 62.4 Å². The fourth-order valence-electron chi connectivity index (χ4n) is 3.50. The van der Waals surface area contributed by atoms with E-state index in [2.05, 4.69) is 50.2 Å². The number of benzene rings is 3. The number of phenolic OH excluding ortho intramolecular Hbond substituents is 1. The van der Waals surface area contributed by atoms with Crippen molar-refractivity contribution in [2.45, 2.75) is 26.7 Å². The van der Waals surface area contributed by atoms with E-state index in [1.807, 2.05) is 24.3 Å². The standard InChI is InChI=1S/C26H29NO2/c1-3-19-5-7-20(8-6-19)25(4-2)26(21-9-13-23(28)14-10-21)22-11-15-24(16-12-22)29-18-17-27/h5-16,28H,3-4,17-18,27H2,1-2H3/b26-25+. The molecule has 0 unspecified atom stereocenters. The van der Waals surface area contributed by atoms with Gasteiger partial charge in [0.05, 0.1) is 0 Å². The Morgan fingerprint density at radius 3 is 1.86 bits per heavy atom. The molecule has 3 aromatic carbocycles. The normalized spacial score (nSPS) is 11.8. The molecule has 0 aliphatic heterocycles. The number of nitrogens with two attached hydrogens (primary N) is 1. The molecule has 150 valence electrons. The van der Waals surface area contributed by atoms with Crippen molar-refractivity contribution in [2.24, 2.45) is 5.73 Å². The summed E-state index contributed by atoms with van der Waals surface area (Å²) in [6, 6.07) is 24.4. The molecule has 0 saturated carbocycles. The minimum atomic E-state index is 0.268. The quantitative estimate of drug-likeness (QED) is 0.490. The second-order valence-electron chi connectivity index (χ2n) is 6.97. The number of phenols is 1. The molecule has 3 rings (SSSR count). The molecule has 0 aliphatic rings. The Bertz CT molecular complexity index is 940. The van der Waals surface area contributed by atoms with Gasteiger partial charge in [-0.15, -0.1) is 0 Å². The summed E-state index contributed by atoms with van der Waals surface area (Å²) < 4.78 is 5.63. The van der Waals surface area contributed by atoms with Crippen molar-refractivity contribution in [3.8, 4) is 11.5 Å². The lowest BCUT2D eigenvalue weighted by atomic mass is 9.88. The van der Waals surface area contributed by atoms with Crippen LogP contribution in [-0.2, 0) is 6.42 Å². The van der Waals surface area contributed by atoms with Crippen molar-refractivity contribution in [2.75, 3.05) is 13.2 Å². The molecule has 29 heavy (non-hydrogen) atoms. The van der Waals surface area contributed by atoms with Gasteiger partial charge in [0.25, 0.3) is 0 Å². The van der Waals surface area contributed by atoms with Gasteiger partial charge < -0.3 is 15.6 Å². The van der Waals surface area contributed by atoms with Gasteiger partial charge in [-0.05, 0) is 70.5 Å². The predicted molar refractivity (Wildman–Crippen MR) is 121 cm³/mol. The summed E-state index contributed by atoms with van der Waals surface area (Å²) in [6.45, 7) is 5.35. The molecule has 0 bridgehead atoms. The monoisotopic (exact) mass is 387 g/mol. The second-order valence-corrected chi connectivity index (χ2v) is 6.97. The van der Waals surface area contributed by atoms with Gasteiger partial charge >= 0.3 is 0 Å². The summed E-state index contributed by atoms with van der Waals surface area (Å²) in [7, 11) is 0. The van der Waals surface area contributed by atoms with E-state index in [9.17, 15) is 5.11 Å². The number of allylic oxidation sites excluding steroid dienone is 1. The fourth-order valence-corrected chi connectivity index (χ4v) is 3.50. The van der Waals surface area contributed by atoms with Crippen LogP contribution in [0.2, 0.25) is 0 Å². The second kappa shape index (κ2) is 9.94. The van der Waals surface area contributed by atoms with Crippen LogP contribution in [0, 0.1) is 0 Å². The van der Waals surface area contributed by atoms with Crippen LogP contribution in [0.5, 0.6) is 11.5 Å². The van der Waals surface area contributed by atoms with Crippen LogP contribution in [-0.4, -0.2) is 18.3 Å². The summed E-state index contributed by atoms with van der Waals surface area (Å²) in [4.78, 5) is 0. The zero-order valence-electron chi connectivity index (χ0n) is 17.2. The summed E-state index contributed by atoms with van der Waals surface area (Å²) in [5, 5.41) is 9.76. The number of rotatable bonds is 8. The van der Waals surface area contributed by atoms with Gasteiger partial charge in [0, 0.05) is 6.54 Å². The highest BCUT2D eigenvalue weighted by Gasteiger charge is 2.13. The van der Waals surface area contributed by atoms with Gasteiger partial charge in [0.15, 0.2) is 0 Å². The fraction of sp³-hybridized carbons (Fsp3) is 0.231. The van der Waals surface area contributed by atoms with E-state index in [0.717, 1.165) is 29.7 Å².